The number of para-hydroxylation sites is 1. The standard InChI is InChI=1S/C14H11BrO2/c15-10-14(16)11-6-8-13(9-7-11)17-12-4-2-1-3-5-12/h1-9H,10H2. The zero-order chi connectivity index (χ0) is 12.1. The van der Waals surface area contributed by atoms with Gasteiger partial charge in [0.05, 0.1) is 5.33 Å². The van der Waals surface area contributed by atoms with Crippen LogP contribution in [0.25, 0.3) is 0 Å². The van der Waals surface area contributed by atoms with Gasteiger partial charge in [0, 0.05) is 5.56 Å². The van der Waals surface area contributed by atoms with Crippen LogP contribution in [0, 0.1) is 0 Å². The molecule has 0 aromatic heterocycles. The van der Waals surface area contributed by atoms with E-state index in [9.17, 15) is 4.79 Å². The summed E-state index contributed by atoms with van der Waals surface area (Å²) in [4.78, 5) is 11.4. The van der Waals surface area contributed by atoms with Gasteiger partial charge in [-0.1, -0.05) is 34.1 Å². The van der Waals surface area contributed by atoms with Crippen LogP contribution in [0.15, 0.2) is 54.6 Å². The number of rotatable bonds is 4. The molecule has 0 atom stereocenters. The number of ketones is 1. The maximum absolute atomic E-state index is 11.4. The van der Waals surface area contributed by atoms with E-state index < -0.39 is 0 Å². The van der Waals surface area contributed by atoms with Gasteiger partial charge in [-0.2, -0.15) is 0 Å². The SMILES string of the molecule is O=C(CBr)c1ccc(Oc2ccccc2)cc1. The molecule has 0 amide bonds. The van der Waals surface area contributed by atoms with Crippen LogP contribution >= 0.6 is 15.9 Å². The number of alkyl halides is 1. The number of benzene rings is 2. The Labute approximate surface area is 108 Å². The molecule has 0 bridgehead atoms. The lowest BCUT2D eigenvalue weighted by Gasteiger charge is -2.05. The first-order valence-corrected chi connectivity index (χ1v) is 6.34. The zero-order valence-electron chi connectivity index (χ0n) is 9.10. The Bertz CT molecular complexity index is 491. The van der Waals surface area contributed by atoms with Crippen LogP contribution < -0.4 is 4.74 Å². The van der Waals surface area contributed by atoms with Crippen LogP contribution in [0.5, 0.6) is 11.5 Å². The van der Waals surface area contributed by atoms with E-state index in [1.165, 1.54) is 0 Å². The first-order valence-electron chi connectivity index (χ1n) is 5.22. The summed E-state index contributed by atoms with van der Waals surface area (Å²) >= 11 is 3.14. The Balaban J connectivity index is 2.11. The minimum atomic E-state index is 0.0660. The van der Waals surface area contributed by atoms with Gasteiger partial charge in [-0.25, -0.2) is 0 Å². The van der Waals surface area contributed by atoms with Crippen molar-refractivity contribution in [2.75, 3.05) is 5.33 Å². The summed E-state index contributed by atoms with van der Waals surface area (Å²) in [6.45, 7) is 0. The number of ether oxygens (including phenoxy) is 1. The van der Waals surface area contributed by atoms with Gasteiger partial charge in [0.25, 0.3) is 0 Å². The topological polar surface area (TPSA) is 26.3 Å². The lowest BCUT2D eigenvalue weighted by molar-refractivity contribution is 0.102. The van der Waals surface area contributed by atoms with E-state index in [1.54, 1.807) is 24.3 Å². The Hall–Kier alpha value is -1.61. The third-order valence-corrected chi connectivity index (χ3v) is 2.79. The van der Waals surface area contributed by atoms with Gasteiger partial charge in [-0.15, -0.1) is 0 Å². The molecule has 0 N–H and O–H groups in total. The number of Topliss-reactive ketones (excluding diaryl/α,β-unsaturated/α-hetero) is 1. The number of hydrogen-bond donors (Lipinski definition) is 0. The molecule has 2 aromatic carbocycles. The van der Waals surface area contributed by atoms with Crippen molar-refractivity contribution >= 4 is 21.7 Å². The minimum absolute atomic E-state index is 0.0660. The molecule has 0 aliphatic carbocycles. The Morgan fingerprint density at radius 1 is 0.941 bits per heavy atom. The fraction of sp³-hybridized carbons (Fsp3) is 0.0714. The van der Waals surface area contributed by atoms with Gasteiger partial charge in [-0.3, -0.25) is 4.79 Å². The molecule has 0 unspecified atom stereocenters. The van der Waals surface area contributed by atoms with Crippen molar-refractivity contribution in [1.29, 1.82) is 0 Å². The molecule has 0 spiro atoms. The molecule has 17 heavy (non-hydrogen) atoms. The second-order valence-corrected chi connectivity index (χ2v) is 4.06. The summed E-state index contributed by atoms with van der Waals surface area (Å²) in [7, 11) is 0. The van der Waals surface area contributed by atoms with Crippen molar-refractivity contribution in [3.05, 3.63) is 60.2 Å². The highest BCUT2D eigenvalue weighted by atomic mass is 79.9. The fourth-order valence-electron chi connectivity index (χ4n) is 1.41. The van der Waals surface area contributed by atoms with E-state index in [4.69, 9.17) is 4.74 Å². The summed E-state index contributed by atoms with van der Waals surface area (Å²) in [6.07, 6.45) is 0. The number of hydrogen-bond acceptors (Lipinski definition) is 2. The smallest absolute Gasteiger partial charge is 0.173 e. The fourth-order valence-corrected chi connectivity index (χ4v) is 1.73. The molecule has 0 aliphatic rings. The minimum Gasteiger partial charge on any atom is -0.457 e. The second kappa shape index (κ2) is 5.64. The largest absolute Gasteiger partial charge is 0.457 e. The molecule has 0 heterocycles. The highest BCUT2D eigenvalue weighted by Crippen LogP contribution is 2.21. The summed E-state index contributed by atoms with van der Waals surface area (Å²) in [5, 5.41) is 0.339. The molecule has 0 saturated heterocycles. The van der Waals surface area contributed by atoms with Crippen molar-refractivity contribution in [2.45, 2.75) is 0 Å². The third-order valence-electron chi connectivity index (χ3n) is 2.28. The Kier molecular flexibility index (Phi) is 3.94. The van der Waals surface area contributed by atoms with E-state index in [0.29, 0.717) is 10.9 Å². The van der Waals surface area contributed by atoms with Crippen molar-refractivity contribution in [2.24, 2.45) is 0 Å². The molecule has 2 aromatic rings. The van der Waals surface area contributed by atoms with Crippen LogP contribution in [-0.4, -0.2) is 11.1 Å². The van der Waals surface area contributed by atoms with Crippen molar-refractivity contribution in [3.8, 4) is 11.5 Å². The summed E-state index contributed by atoms with van der Waals surface area (Å²) in [6, 6.07) is 16.7. The Morgan fingerprint density at radius 2 is 1.53 bits per heavy atom. The van der Waals surface area contributed by atoms with Crippen molar-refractivity contribution in [1.82, 2.24) is 0 Å². The maximum atomic E-state index is 11.4. The first-order chi connectivity index (χ1) is 8.29. The van der Waals surface area contributed by atoms with E-state index in [1.807, 2.05) is 30.3 Å². The quantitative estimate of drug-likeness (QED) is 0.627. The van der Waals surface area contributed by atoms with Crippen LogP contribution in [0.1, 0.15) is 10.4 Å². The zero-order valence-corrected chi connectivity index (χ0v) is 10.7. The summed E-state index contributed by atoms with van der Waals surface area (Å²) in [5.41, 5.74) is 0.683. The number of carbonyl (C=O) groups excluding carboxylic acids is 1. The molecular formula is C14H11BrO2. The lowest BCUT2D eigenvalue weighted by atomic mass is 10.1. The molecule has 0 fully saturated rings. The molecule has 2 nitrogen and oxygen atoms in total. The monoisotopic (exact) mass is 290 g/mol. The predicted octanol–water partition coefficient (Wildman–Crippen LogP) is 4.06. The third kappa shape index (κ3) is 3.17. The first kappa shape index (κ1) is 11.9. The average Bonchev–Trinajstić information content (AvgIpc) is 2.40. The van der Waals surface area contributed by atoms with E-state index >= 15 is 0 Å². The molecule has 86 valence electrons. The second-order valence-electron chi connectivity index (χ2n) is 3.50. The van der Waals surface area contributed by atoms with Crippen LogP contribution in [0.2, 0.25) is 0 Å². The van der Waals surface area contributed by atoms with Crippen LogP contribution in [0.3, 0.4) is 0 Å². The van der Waals surface area contributed by atoms with Crippen LogP contribution in [0.4, 0.5) is 0 Å². The molecule has 0 aliphatic heterocycles. The summed E-state index contributed by atoms with van der Waals surface area (Å²) in [5.74, 6) is 1.57. The van der Waals surface area contributed by atoms with Crippen molar-refractivity contribution < 1.29 is 9.53 Å². The number of carbonyl (C=O) groups is 1. The van der Waals surface area contributed by atoms with E-state index in [2.05, 4.69) is 15.9 Å². The molecule has 3 heteroatoms. The van der Waals surface area contributed by atoms with Gasteiger partial charge >= 0.3 is 0 Å². The molecule has 2 rings (SSSR count). The molecular weight excluding hydrogens is 280 g/mol. The Morgan fingerprint density at radius 3 is 2.12 bits per heavy atom. The van der Waals surface area contributed by atoms with E-state index in [0.717, 1.165) is 11.5 Å². The highest BCUT2D eigenvalue weighted by Gasteiger charge is 2.03. The van der Waals surface area contributed by atoms with Gasteiger partial charge in [0.1, 0.15) is 11.5 Å². The molecule has 0 saturated carbocycles. The normalized spacial score (nSPS) is 9.94. The van der Waals surface area contributed by atoms with Gasteiger partial charge in [0.2, 0.25) is 0 Å². The predicted molar refractivity (Wildman–Crippen MR) is 71.1 cm³/mol. The van der Waals surface area contributed by atoms with Gasteiger partial charge in [0.15, 0.2) is 5.78 Å². The van der Waals surface area contributed by atoms with Gasteiger partial charge < -0.3 is 4.74 Å². The van der Waals surface area contributed by atoms with Crippen LogP contribution in [-0.2, 0) is 0 Å². The lowest BCUT2D eigenvalue weighted by Crippen LogP contribution is -1.98. The number of halogens is 1. The highest BCUT2D eigenvalue weighted by molar-refractivity contribution is 9.09. The van der Waals surface area contributed by atoms with E-state index in [-0.39, 0.29) is 5.78 Å². The van der Waals surface area contributed by atoms with Crippen molar-refractivity contribution in [3.63, 3.8) is 0 Å². The summed E-state index contributed by atoms with van der Waals surface area (Å²) < 4.78 is 5.62. The molecule has 0 radical (unpaired) electrons. The maximum Gasteiger partial charge on any atom is 0.173 e. The van der Waals surface area contributed by atoms with Gasteiger partial charge in [-0.05, 0) is 36.4 Å². The average molecular weight is 291 g/mol.